The van der Waals surface area contributed by atoms with Crippen LogP contribution in [-0.4, -0.2) is 4.57 Å². The van der Waals surface area contributed by atoms with Gasteiger partial charge in [0, 0.05) is 11.1 Å². The largest absolute Gasteiger partial charge is 0.244 e. The predicted octanol–water partition coefficient (Wildman–Crippen LogP) is 3.18. The van der Waals surface area contributed by atoms with Crippen LogP contribution in [0.15, 0.2) is 67.0 Å². The summed E-state index contributed by atoms with van der Waals surface area (Å²) in [5.41, 5.74) is 4.97. The number of rotatable bonds is 2. The summed E-state index contributed by atoms with van der Waals surface area (Å²) >= 11 is 0. The average Bonchev–Trinajstić information content (AvgIpc) is 2.75. The summed E-state index contributed by atoms with van der Waals surface area (Å²) in [5, 5.41) is 0. The maximum absolute atomic E-state index is 2.18. The van der Waals surface area contributed by atoms with E-state index in [1.165, 1.54) is 22.5 Å². The minimum Gasteiger partial charge on any atom is -0.232 e. The Morgan fingerprint density at radius 1 is 0.789 bits per heavy atom. The molecule has 0 atom stereocenters. The highest BCUT2D eigenvalue weighted by Gasteiger charge is 2.21. The summed E-state index contributed by atoms with van der Waals surface area (Å²) in [6, 6.07) is 21.0. The lowest BCUT2D eigenvalue weighted by molar-refractivity contribution is -0.660. The quantitative estimate of drug-likeness (QED) is 0.617. The molecule has 2 aromatic carbocycles. The summed E-state index contributed by atoms with van der Waals surface area (Å²) in [5.74, 6) is 0. The summed E-state index contributed by atoms with van der Waals surface area (Å²) in [6.07, 6.45) is 2.12. The lowest BCUT2D eigenvalue weighted by Crippen LogP contribution is -2.27. The van der Waals surface area contributed by atoms with E-state index in [-0.39, 0.29) is 0 Å². The third-order valence-electron chi connectivity index (χ3n) is 3.37. The van der Waals surface area contributed by atoms with Crippen LogP contribution >= 0.6 is 0 Å². The molecule has 0 aliphatic heterocycles. The standard InChI is InChI=1S/C17H17N2/c1-18-13-19(2)17(15-11-7-4-8-12-15)16(18)14-9-5-3-6-10-14/h3-13H,1-2H3/q+1. The first-order valence-electron chi connectivity index (χ1n) is 6.43. The van der Waals surface area contributed by atoms with Crippen LogP contribution in [-0.2, 0) is 14.1 Å². The van der Waals surface area contributed by atoms with Crippen LogP contribution in [0.3, 0.4) is 0 Å². The van der Waals surface area contributed by atoms with Gasteiger partial charge in [-0.15, -0.1) is 0 Å². The Hall–Kier alpha value is -2.35. The van der Waals surface area contributed by atoms with E-state index in [0.717, 1.165) is 0 Å². The number of benzene rings is 2. The Morgan fingerprint density at radius 2 is 1.32 bits per heavy atom. The lowest BCUT2D eigenvalue weighted by atomic mass is 10.0. The topological polar surface area (TPSA) is 8.81 Å². The van der Waals surface area contributed by atoms with Crippen LogP contribution in [0.25, 0.3) is 22.5 Å². The number of hydrogen-bond donors (Lipinski definition) is 0. The third kappa shape index (κ3) is 2.06. The van der Waals surface area contributed by atoms with Gasteiger partial charge in [0.15, 0.2) is 11.4 Å². The molecule has 2 nitrogen and oxygen atoms in total. The smallest absolute Gasteiger partial charge is 0.232 e. The highest BCUT2D eigenvalue weighted by molar-refractivity contribution is 5.76. The Balaban J connectivity index is 2.26. The zero-order chi connectivity index (χ0) is 13.2. The second-order valence-corrected chi connectivity index (χ2v) is 4.77. The van der Waals surface area contributed by atoms with Gasteiger partial charge in [-0.3, -0.25) is 0 Å². The predicted molar refractivity (Wildman–Crippen MR) is 77.5 cm³/mol. The molecule has 0 aliphatic rings. The molecular formula is C17H17N2+. The van der Waals surface area contributed by atoms with Crippen molar-refractivity contribution in [1.82, 2.24) is 4.57 Å². The van der Waals surface area contributed by atoms with E-state index in [9.17, 15) is 0 Å². The van der Waals surface area contributed by atoms with Gasteiger partial charge < -0.3 is 0 Å². The molecule has 0 amide bonds. The molecule has 0 saturated heterocycles. The minimum atomic E-state index is 1.24. The molecule has 3 aromatic rings. The molecule has 3 rings (SSSR count). The van der Waals surface area contributed by atoms with Gasteiger partial charge >= 0.3 is 0 Å². The highest BCUT2D eigenvalue weighted by Crippen LogP contribution is 2.28. The second kappa shape index (κ2) is 4.73. The molecule has 2 heteroatoms. The van der Waals surface area contributed by atoms with E-state index in [2.05, 4.69) is 90.2 Å². The number of imidazole rings is 1. The molecule has 0 bridgehead atoms. The maximum Gasteiger partial charge on any atom is 0.244 e. The van der Waals surface area contributed by atoms with E-state index in [0.29, 0.717) is 0 Å². The second-order valence-electron chi connectivity index (χ2n) is 4.77. The van der Waals surface area contributed by atoms with E-state index in [1.54, 1.807) is 0 Å². The van der Waals surface area contributed by atoms with Crippen LogP contribution in [0.2, 0.25) is 0 Å². The van der Waals surface area contributed by atoms with Gasteiger partial charge in [0.1, 0.15) is 0 Å². The first-order valence-corrected chi connectivity index (χ1v) is 6.43. The number of aryl methyl sites for hydroxylation is 2. The van der Waals surface area contributed by atoms with Crippen LogP contribution < -0.4 is 4.57 Å². The fraction of sp³-hybridized carbons (Fsp3) is 0.118. The highest BCUT2D eigenvalue weighted by atomic mass is 15.1. The Labute approximate surface area is 113 Å². The number of hydrogen-bond acceptors (Lipinski definition) is 0. The molecule has 94 valence electrons. The fourth-order valence-corrected chi connectivity index (χ4v) is 2.58. The number of nitrogens with zero attached hydrogens (tertiary/aromatic N) is 2. The maximum atomic E-state index is 2.18. The van der Waals surface area contributed by atoms with Crippen LogP contribution in [0.4, 0.5) is 0 Å². The van der Waals surface area contributed by atoms with Gasteiger partial charge in [-0.05, 0) is 0 Å². The molecule has 0 aliphatic carbocycles. The molecule has 1 aromatic heterocycles. The van der Waals surface area contributed by atoms with Crippen molar-refractivity contribution in [2.75, 3.05) is 0 Å². The van der Waals surface area contributed by atoms with Crippen LogP contribution in [0.1, 0.15) is 0 Å². The zero-order valence-electron chi connectivity index (χ0n) is 11.2. The van der Waals surface area contributed by atoms with E-state index in [1.807, 2.05) is 0 Å². The van der Waals surface area contributed by atoms with Gasteiger partial charge in [0.2, 0.25) is 6.33 Å². The molecule has 0 radical (unpaired) electrons. The first kappa shape index (κ1) is 11.7. The van der Waals surface area contributed by atoms with Crippen molar-refractivity contribution < 1.29 is 4.57 Å². The minimum absolute atomic E-state index is 1.24. The van der Waals surface area contributed by atoms with Crippen LogP contribution in [0, 0.1) is 0 Å². The summed E-state index contributed by atoms with van der Waals surface area (Å²) in [7, 11) is 4.18. The summed E-state index contributed by atoms with van der Waals surface area (Å²) in [6.45, 7) is 0. The van der Waals surface area contributed by atoms with E-state index >= 15 is 0 Å². The van der Waals surface area contributed by atoms with E-state index < -0.39 is 0 Å². The molecule has 19 heavy (non-hydrogen) atoms. The van der Waals surface area contributed by atoms with Gasteiger partial charge in [-0.25, -0.2) is 9.13 Å². The molecule has 0 N–H and O–H groups in total. The van der Waals surface area contributed by atoms with Gasteiger partial charge in [-0.2, -0.15) is 0 Å². The Bertz CT molecular complexity index is 622. The Kier molecular flexibility index (Phi) is 2.92. The normalized spacial score (nSPS) is 10.6. The van der Waals surface area contributed by atoms with Crippen molar-refractivity contribution in [1.29, 1.82) is 0 Å². The van der Waals surface area contributed by atoms with Gasteiger partial charge in [0.25, 0.3) is 0 Å². The summed E-state index contributed by atoms with van der Waals surface area (Å²) < 4.78 is 4.36. The van der Waals surface area contributed by atoms with Crippen molar-refractivity contribution in [3.05, 3.63) is 67.0 Å². The molecule has 0 saturated carbocycles. The average molecular weight is 249 g/mol. The monoisotopic (exact) mass is 249 g/mol. The van der Waals surface area contributed by atoms with Crippen molar-refractivity contribution in [3.8, 4) is 22.5 Å². The molecule has 0 fully saturated rings. The van der Waals surface area contributed by atoms with Crippen molar-refractivity contribution >= 4 is 0 Å². The SMILES string of the molecule is Cn1c[n+](C)c(-c2ccccc2)c1-c1ccccc1. The van der Waals surface area contributed by atoms with E-state index in [4.69, 9.17) is 0 Å². The van der Waals surface area contributed by atoms with Crippen molar-refractivity contribution in [2.24, 2.45) is 14.1 Å². The fourth-order valence-electron chi connectivity index (χ4n) is 2.58. The Morgan fingerprint density at radius 3 is 1.89 bits per heavy atom. The molecule has 0 spiro atoms. The van der Waals surface area contributed by atoms with Gasteiger partial charge in [0.05, 0.1) is 14.1 Å². The van der Waals surface area contributed by atoms with Crippen LogP contribution in [0.5, 0.6) is 0 Å². The lowest BCUT2D eigenvalue weighted by Gasteiger charge is -2.02. The summed E-state index contributed by atoms with van der Waals surface area (Å²) in [4.78, 5) is 0. The molecular weight excluding hydrogens is 232 g/mol. The first-order chi connectivity index (χ1) is 9.27. The molecule has 0 unspecified atom stereocenters. The molecule has 1 heterocycles. The number of aromatic nitrogens is 2. The van der Waals surface area contributed by atoms with Crippen molar-refractivity contribution in [3.63, 3.8) is 0 Å². The zero-order valence-corrected chi connectivity index (χ0v) is 11.2. The van der Waals surface area contributed by atoms with Crippen molar-refractivity contribution in [2.45, 2.75) is 0 Å². The van der Waals surface area contributed by atoms with Gasteiger partial charge in [-0.1, -0.05) is 60.7 Å². The third-order valence-corrected chi connectivity index (χ3v) is 3.37.